The summed E-state index contributed by atoms with van der Waals surface area (Å²) in [6, 6.07) is 26.1. The van der Waals surface area contributed by atoms with E-state index in [1.807, 2.05) is 72.8 Å². The monoisotopic (exact) mass is 454 g/mol. The van der Waals surface area contributed by atoms with Crippen molar-refractivity contribution in [2.45, 2.75) is 38.5 Å². The predicted molar refractivity (Wildman–Crippen MR) is 135 cm³/mol. The molecule has 0 heterocycles. The van der Waals surface area contributed by atoms with Gasteiger partial charge >= 0.3 is 0 Å². The van der Waals surface area contributed by atoms with Gasteiger partial charge in [-0.15, -0.1) is 0 Å². The lowest BCUT2D eigenvalue weighted by Gasteiger charge is -2.22. The molecule has 34 heavy (non-hydrogen) atoms. The largest absolute Gasteiger partial charge is 0.508 e. The highest BCUT2D eigenvalue weighted by Crippen LogP contribution is 2.43. The lowest BCUT2D eigenvalue weighted by atomic mass is 9.83. The Balaban J connectivity index is 1.76. The minimum absolute atomic E-state index is 0.00940. The molecule has 4 aromatic carbocycles. The summed E-state index contributed by atoms with van der Waals surface area (Å²) >= 11 is 0. The van der Waals surface area contributed by atoms with Gasteiger partial charge in [0.05, 0.1) is 0 Å². The van der Waals surface area contributed by atoms with Crippen LogP contribution in [-0.2, 0) is 12.8 Å². The SMILES string of the molecule is CCCC(c1cc(Cc2ccccc2)c(O)cc1O)c1cc(Cc2ccccc2)c(O)cc1O. The van der Waals surface area contributed by atoms with Gasteiger partial charge in [0.2, 0.25) is 0 Å². The smallest absolute Gasteiger partial charge is 0.123 e. The highest BCUT2D eigenvalue weighted by molar-refractivity contribution is 5.55. The van der Waals surface area contributed by atoms with E-state index in [1.165, 1.54) is 12.1 Å². The van der Waals surface area contributed by atoms with Crippen LogP contribution in [-0.4, -0.2) is 20.4 Å². The van der Waals surface area contributed by atoms with Crippen molar-refractivity contribution in [3.63, 3.8) is 0 Å². The summed E-state index contributed by atoms with van der Waals surface area (Å²) in [5, 5.41) is 42.6. The third-order valence-electron chi connectivity index (χ3n) is 6.26. The Kier molecular flexibility index (Phi) is 7.07. The zero-order valence-electron chi connectivity index (χ0n) is 19.3. The molecule has 0 radical (unpaired) electrons. The Labute approximate surface area is 200 Å². The molecule has 4 heteroatoms. The summed E-state index contributed by atoms with van der Waals surface area (Å²) in [5.74, 6) is -0.231. The van der Waals surface area contributed by atoms with Crippen molar-refractivity contribution in [3.05, 3.63) is 118 Å². The van der Waals surface area contributed by atoms with Crippen LogP contribution in [0.3, 0.4) is 0 Å². The molecule has 0 aliphatic rings. The van der Waals surface area contributed by atoms with Crippen molar-refractivity contribution in [1.82, 2.24) is 0 Å². The molecule has 0 aliphatic carbocycles. The van der Waals surface area contributed by atoms with Crippen molar-refractivity contribution in [3.8, 4) is 23.0 Å². The first-order chi connectivity index (χ1) is 16.5. The number of hydrogen-bond acceptors (Lipinski definition) is 4. The fraction of sp³-hybridized carbons (Fsp3) is 0.200. The molecule has 4 aromatic rings. The summed E-state index contributed by atoms with van der Waals surface area (Å²) in [6.07, 6.45) is 2.57. The molecule has 0 saturated carbocycles. The molecule has 174 valence electrons. The molecule has 0 fully saturated rings. The van der Waals surface area contributed by atoms with Gasteiger partial charge in [-0.25, -0.2) is 0 Å². The number of hydrogen-bond donors (Lipinski definition) is 4. The van der Waals surface area contributed by atoms with Gasteiger partial charge in [-0.3, -0.25) is 0 Å². The van der Waals surface area contributed by atoms with Gasteiger partial charge in [-0.2, -0.15) is 0 Å². The van der Waals surface area contributed by atoms with E-state index in [-0.39, 0.29) is 28.9 Å². The van der Waals surface area contributed by atoms with Crippen LogP contribution in [0.4, 0.5) is 0 Å². The molecule has 4 N–H and O–H groups in total. The lowest BCUT2D eigenvalue weighted by Crippen LogP contribution is -2.05. The highest BCUT2D eigenvalue weighted by Gasteiger charge is 2.24. The molecule has 0 amide bonds. The van der Waals surface area contributed by atoms with Gasteiger partial charge in [-0.1, -0.05) is 74.0 Å². The van der Waals surface area contributed by atoms with Crippen LogP contribution in [0.25, 0.3) is 0 Å². The molecule has 0 aromatic heterocycles. The van der Waals surface area contributed by atoms with Crippen molar-refractivity contribution < 1.29 is 20.4 Å². The van der Waals surface area contributed by atoms with Gasteiger partial charge in [0.1, 0.15) is 23.0 Å². The van der Waals surface area contributed by atoms with Crippen LogP contribution < -0.4 is 0 Å². The minimum atomic E-state index is -0.296. The third-order valence-corrected chi connectivity index (χ3v) is 6.26. The molecule has 4 rings (SSSR count). The fourth-order valence-electron chi connectivity index (χ4n) is 4.52. The molecule has 4 nitrogen and oxygen atoms in total. The van der Waals surface area contributed by atoms with E-state index in [1.54, 1.807) is 0 Å². The lowest BCUT2D eigenvalue weighted by molar-refractivity contribution is 0.431. The maximum absolute atomic E-state index is 10.8. The zero-order chi connectivity index (χ0) is 24.1. The van der Waals surface area contributed by atoms with E-state index in [9.17, 15) is 20.4 Å². The van der Waals surface area contributed by atoms with Crippen LogP contribution >= 0.6 is 0 Å². The van der Waals surface area contributed by atoms with Gasteiger partial charge in [-0.05, 0) is 40.8 Å². The van der Waals surface area contributed by atoms with Gasteiger partial charge in [0, 0.05) is 42.0 Å². The van der Waals surface area contributed by atoms with Crippen molar-refractivity contribution >= 4 is 0 Å². The Hall–Kier alpha value is -3.92. The maximum Gasteiger partial charge on any atom is 0.123 e. The summed E-state index contributed by atoms with van der Waals surface area (Å²) in [7, 11) is 0. The Bertz CT molecular complexity index is 1150. The van der Waals surface area contributed by atoms with E-state index in [0.29, 0.717) is 41.5 Å². The van der Waals surface area contributed by atoms with Crippen LogP contribution in [0.15, 0.2) is 84.9 Å². The van der Waals surface area contributed by atoms with E-state index in [0.717, 1.165) is 17.5 Å². The fourth-order valence-corrected chi connectivity index (χ4v) is 4.52. The molecule has 0 aliphatic heterocycles. The summed E-state index contributed by atoms with van der Waals surface area (Å²) < 4.78 is 0. The number of aromatic hydroxyl groups is 4. The van der Waals surface area contributed by atoms with Crippen LogP contribution in [0, 0.1) is 0 Å². The highest BCUT2D eigenvalue weighted by atomic mass is 16.3. The van der Waals surface area contributed by atoms with Gasteiger partial charge in [0.15, 0.2) is 0 Å². The summed E-state index contributed by atoms with van der Waals surface area (Å²) in [6.45, 7) is 2.05. The van der Waals surface area contributed by atoms with Crippen LogP contribution in [0.1, 0.15) is 59.1 Å². The van der Waals surface area contributed by atoms with Gasteiger partial charge < -0.3 is 20.4 Å². The van der Waals surface area contributed by atoms with Crippen molar-refractivity contribution in [1.29, 1.82) is 0 Å². The second kappa shape index (κ2) is 10.3. The van der Waals surface area contributed by atoms with Gasteiger partial charge in [0.25, 0.3) is 0 Å². The number of phenolic OH excluding ortho intramolecular Hbond substituents is 4. The van der Waals surface area contributed by atoms with E-state index in [2.05, 4.69) is 6.92 Å². The number of phenols is 4. The predicted octanol–water partition coefficient (Wildman–Crippen LogP) is 6.62. The molecule has 0 bridgehead atoms. The zero-order valence-corrected chi connectivity index (χ0v) is 19.3. The first kappa shape index (κ1) is 23.2. The third kappa shape index (κ3) is 5.18. The summed E-state index contributed by atoms with van der Waals surface area (Å²) in [4.78, 5) is 0. The van der Waals surface area contributed by atoms with Crippen molar-refractivity contribution in [2.75, 3.05) is 0 Å². The number of benzene rings is 4. The normalized spacial score (nSPS) is 11.1. The molecule has 0 atom stereocenters. The molecule has 0 spiro atoms. The number of rotatable bonds is 8. The molecule has 0 unspecified atom stereocenters. The standard InChI is InChI=1S/C30H30O4/c1-2-9-24(25-16-22(27(31)18-29(25)33)14-20-10-5-3-6-11-20)26-17-23(28(32)19-30(26)34)15-21-12-7-4-8-13-21/h3-8,10-13,16-19,24,31-34H,2,9,14-15H2,1H3. The molecular weight excluding hydrogens is 424 g/mol. The van der Waals surface area contributed by atoms with Crippen LogP contribution in [0.5, 0.6) is 23.0 Å². The van der Waals surface area contributed by atoms with E-state index < -0.39 is 0 Å². The quantitative estimate of drug-likeness (QED) is 0.241. The van der Waals surface area contributed by atoms with E-state index in [4.69, 9.17) is 0 Å². The minimum Gasteiger partial charge on any atom is -0.508 e. The Morgan fingerprint density at radius 2 is 0.971 bits per heavy atom. The Morgan fingerprint density at radius 3 is 1.35 bits per heavy atom. The second-order valence-electron chi connectivity index (χ2n) is 8.75. The second-order valence-corrected chi connectivity index (χ2v) is 8.75. The molecule has 0 saturated heterocycles. The summed E-state index contributed by atoms with van der Waals surface area (Å²) in [5.41, 5.74) is 4.83. The first-order valence-corrected chi connectivity index (χ1v) is 11.6. The van der Waals surface area contributed by atoms with E-state index >= 15 is 0 Å². The Morgan fingerprint density at radius 1 is 0.559 bits per heavy atom. The average Bonchev–Trinajstić information content (AvgIpc) is 2.83. The molecular formula is C30H30O4. The maximum atomic E-state index is 10.8. The average molecular weight is 455 g/mol. The van der Waals surface area contributed by atoms with Crippen molar-refractivity contribution in [2.24, 2.45) is 0 Å². The first-order valence-electron chi connectivity index (χ1n) is 11.6. The van der Waals surface area contributed by atoms with Crippen LogP contribution in [0.2, 0.25) is 0 Å². The topological polar surface area (TPSA) is 80.9 Å².